The first-order chi connectivity index (χ1) is 25.5. The van der Waals surface area contributed by atoms with Crippen molar-refractivity contribution in [1.82, 2.24) is 20.4 Å². The number of carbonyl (C=O) groups excluding carboxylic acids is 4. The van der Waals surface area contributed by atoms with Gasteiger partial charge < -0.3 is 19.2 Å². The lowest BCUT2D eigenvalue weighted by Gasteiger charge is -2.36. The average molecular weight is 712 g/mol. The molecule has 1 atom stereocenters. The first kappa shape index (κ1) is 33.8. The Morgan fingerprint density at radius 3 is 2.04 bits per heavy atom. The maximum atomic E-state index is 13.2. The van der Waals surface area contributed by atoms with Gasteiger partial charge in [0.25, 0.3) is 11.8 Å². The van der Waals surface area contributed by atoms with Crippen molar-refractivity contribution in [1.29, 1.82) is 0 Å². The van der Waals surface area contributed by atoms with Gasteiger partial charge in [-0.3, -0.25) is 29.4 Å². The first-order valence-electron chi connectivity index (χ1n) is 17.6. The van der Waals surface area contributed by atoms with E-state index in [9.17, 15) is 19.2 Å². The lowest BCUT2D eigenvalue weighted by Crippen LogP contribution is -2.54. The van der Waals surface area contributed by atoms with Crippen LogP contribution in [0.3, 0.4) is 0 Å². The second-order valence-corrected chi connectivity index (χ2v) is 14.2. The van der Waals surface area contributed by atoms with Crippen LogP contribution < -0.4 is 20.1 Å². The number of nitrogens with one attached hydrogen (secondary N) is 2. The molecule has 1 unspecified atom stereocenters. The van der Waals surface area contributed by atoms with Gasteiger partial charge in [-0.05, 0) is 84.3 Å². The van der Waals surface area contributed by atoms with E-state index in [1.807, 2.05) is 48.5 Å². The van der Waals surface area contributed by atoms with Crippen LogP contribution in [-0.4, -0.2) is 56.9 Å². The Morgan fingerprint density at radius 2 is 1.42 bits per heavy atom. The molecule has 8 rings (SSSR count). The summed E-state index contributed by atoms with van der Waals surface area (Å²) in [5, 5.41) is 13.6. The van der Waals surface area contributed by atoms with Crippen molar-refractivity contribution in [3.63, 3.8) is 0 Å². The number of ether oxygens (including phenoxy) is 2. The van der Waals surface area contributed by atoms with Gasteiger partial charge in [-0.25, -0.2) is 0 Å². The molecule has 12 heteroatoms. The van der Waals surface area contributed by atoms with E-state index in [4.69, 9.17) is 13.9 Å². The van der Waals surface area contributed by atoms with Crippen LogP contribution in [0.15, 0.2) is 95.4 Å². The zero-order valence-electron chi connectivity index (χ0n) is 29.4. The van der Waals surface area contributed by atoms with Crippen molar-refractivity contribution in [2.45, 2.75) is 70.1 Å². The summed E-state index contributed by atoms with van der Waals surface area (Å²) < 4.78 is 17.8. The second-order valence-electron chi connectivity index (χ2n) is 14.2. The largest absolute Gasteiger partial charge is 0.490 e. The predicted octanol–water partition coefficient (Wildman–Crippen LogP) is 6.59. The Hall–Kier alpha value is -6.30. The van der Waals surface area contributed by atoms with E-state index in [1.165, 1.54) is 0 Å². The molecule has 268 valence electrons. The van der Waals surface area contributed by atoms with Gasteiger partial charge in [0.1, 0.15) is 29.4 Å². The standard InChI is InChI=1S/C41H37N5O7/c1-23-44-45-38(51-23)24-4-11-29(12-5-24)52-30-13-6-25(7-14-30)41(2,3)26-8-15-31(16-9-26)53-32-20-28(21-32)42-27-10-17-33-34(22-27)40(50)46(39(33)49)35-18-19-36(47)43-37(35)48/h4-17,22,28,32,35,42H,18-21H2,1-3H3,(H,43,47,48). The molecule has 53 heavy (non-hydrogen) atoms. The number of aryl methyl sites for hydroxylation is 1. The number of nitrogens with zero attached hydrogens (tertiary/aromatic N) is 3. The Kier molecular flexibility index (Phi) is 8.52. The number of benzene rings is 4. The number of rotatable bonds is 10. The van der Waals surface area contributed by atoms with Crippen LogP contribution in [0.25, 0.3) is 11.5 Å². The number of fused-ring (bicyclic) bond motifs is 1. The molecule has 2 fully saturated rings. The molecule has 4 aromatic carbocycles. The van der Waals surface area contributed by atoms with Crippen molar-refractivity contribution in [2.75, 3.05) is 5.32 Å². The number of anilines is 1. The minimum Gasteiger partial charge on any atom is -0.490 e. The lowest BCUT2D eigenvalue weighted by atomic mass is 9.78. The average Bonchev–Trinajstić information content (AvgIpc) is 3.68. The lowest BCUT2D eigenvalue weighted by molar-refractivity contribution is -0.136. The SMILES string of the molecule is Cc1nnc(-c2ccc(Oc3ccc(C(C)(C)c4ccc(OC5CC(Nc6ccc7c(c6)C(=O)N(C6CCC(=O)NC6=O)C7=O)C5)cc4)cc3)cc2)o1. The zero-order chi connectivity index (χ0) is 36.9. The van der Waals surface area contributed by atoms with Gasteiger partial charge in [0.2, 0.25) is 23.6 Å². The number of carbonyl (C=O) groups is 4. The molecule has 2 aliphatic heterocycles. The maximum absolute atomic E-state index is 13.2. The summed E-state index contributed by atoms with van der Waals surface area (Å²) in [4.78, 5) is 51.1. The highest BCUT2D eigenvalue weighted by atomic mass is 16.5. The van der Waals surface area contributed by atoms with Gasteiger partial charge in [0, 0.05) is 48.9 Å². The Bertz CT molecular complexity index is 2220. The highest BCUT2D eigenvalue weighted by Crippen LogP contribution is 2.36. The molecule has 1 aliphatic carbocycles. The van der Waals surface area contributed by atoms with Gasteiger partial charge in [-0.1, -0.05) is 38.1 Å². The third-order valence-electron chi connectivity index (χ3n) is 10.2. The van der Waals surface area contributed by atoms with Gasteiger partial charge in [-0.2, -0.15) is 0 Å². The molecule has 3 aliphatic rings. The van der Waals surface area contributed by atoms with E-state index in [1.54, 1.807) is 25.1 Å². The van der Waals surface area contributed by atoms with E-state index in [-0.39, 0.29) is 41.5 Å². The van der Waals surface area contributed by atoms with Crippen molar-refractivity contribution in [3.8, 4) is 28.7 Å². The van der Waals surface area contributed by atoms with Crippen molar-refractivity contribution >= 4 is 29.3 Å². The fourth-order valence-electron chi connectivity index (χ4n) is 7.04. The summed E-state index contributed by atoms with van der Waals surface area (Å²) in [5.41, 5.74) is 4.10. The summed E-state index contributed by atoms with van der Waals surface area (Å²) in [6, 6.07) is 28.0. The fourth-order valence-corrected chi connectivity index (χ4v) is 7.04. The van der Waals surface area contributed by atoms with E-state index >= 15 is 0 Å². The molecule has 4 amide bonds. The minimum atomic E-state index is -0.987. The molecule has 0 radical (unpaired) electrons. The molecule has 0 spiro atoms. The first-order valence-corrected chi connectivity index (χ1v) is 17.6. The summed E-state index contributed by atoms with van der Waals surface area (Å²) in [6.45, 7) is 6.13. The molecule has 5 aromatic rings. The van der Waals surface area contributed by atoms with Gasteiger partial charge in [0.05, 0.1) is 11.1 Å². The molecular formula is C41H37N5O7. The molecule has 3 heterocycles. The number of aromatic nitrogens is 2. The van der Waals surface area contributed by atoms with E-state index < -0.39 is 29.7 Å². The molecule has 0 bridgehead atoms. The van der Waals surface area contributed by atoms with Crippen LogP contribution in [0.1, 0.15) is 77.3 Å². The Balaban J connectivity index is 0.829. The number of piperidine rings is 1. The molecule has 1 saturated heterocycles. The van der Waals surface area contributed by atoms with Crippen molar-refractivity contribution in [2.24, 2.45) is 0 Å². The summed E-state index contributed by atoms with van der Waals surface area (Å²) in [6.07, 6.45) is 1.79. The van der Waals surface area contributed by atoms with Crippen LogP contribution >= 0.6 is 0 Å². The summed E-state index contributed by atoms with van der Waals surface area (Å²) >= 11 is 0. The number of hydrogen-bond acceptors (Lipinski definition) is 10. The van der Waals surface area contributed by atoms with Crippen LogP contribution in [0.5, 0.6) is 17.2 Å². The van der Waals surface area contributed by atoms with Gasteiger partial charge in [-0.15, -0.1) is 10.2 Å². The fraction of sp³-hybridized carbons (Fsp3) is 0.268. The third kappa shape index (κ3) is 6.63. The number of imide groups is 2. The van der Waals surface area contributed by atoms with Gasteiger partial charge in [0.15, 0.2) is 0 Å². The van der Waals surface area contributed by atoms with Gasteiger partial charge >= 0.3 is 0 Å². The van der Waals surface area contributed by atoms with Crippen LogP contribution in [0.2, 0.25) is 0 Å². The van der Waals surface area contributed by atoms with Crippen LogP contribution in [0.4, 0.5) is 5.69 Å². The molecule has 2 N–H and O–H groups in total. The minimum absolute atomic E-state index is 0.0405. The van der Waals surface area contributed by atoms with E-state index in [0.717, 1.165) is 51.6 Å². The summed E-state index contributed by atoms with van der Waals surface area (Å²) in [5.74, 6) is 1.17. The topological polar surface area (TPSA) is 153 Å². The predicted molar refractivity (Wildman–Crippen MR) is 194 cm³/mol. The molecular weight excluding hydrogens is 674 g/mol. The highest BCUT2D eigenvalue weighted by Gasteiger charge is 2.45. The number of hydrogen-bond donors (Lipinski definition) is 2. The molecule has 1 saturated carbocycles. The van der Waals surface area contributed by atoms with Crippen LogP contribution in [-0.2, 0) is 15.0 Å². The monoisotopic (exact) mass is 711 g/mol. The summed E-state index contributed by atoms with van der Waals surface area (Å²) in [7, 11) is 0. The normalized spacial score (nSPS) is 19.8. The Morgan fingerprint density at radius 1 is 0.792 bits per heavy atom. The number of amides is 4. The van der Waals surface area contributed by atoms with E-state index in [0.29, 0.717) is 17.5 Å². The van der Waals surface area contributed by atoms with Crippen molar-refractivity contribution in [3.05, 3.63) is 119 Å². The van der Waals surface area contributed by atoms with Crippen LogP contribution in [0, 0.1) is 6.92 Å². The Labute approximate surface area is 305 Å². The highest BCUT2D eigenvalue weighted by molar-refractivity contribution is 6.23. The molecule has 12 nitrogen and oxygen atoms in total. The molecule has 1 aromatic heterocycles. The zero-order valence-corrected chi connectivity index (χ0v) is 29.4. The smallest absolute Gasteiger partial charge is 0.262 e. The third-order valence-corrected chi connectivity index (χ3v) is 10.2. The van der Waals surface area contributed by atoms with E-state index in [2.05, 4.69) is 58.9 Å². The second kappa shape index (κ2) is 13.4. The van der Waals surface area contributed by atoms with Crippen molar-refractivity contribution < 1.29 is 33.1 Å². The quantitative estimate of drug-likeness (QED) is 0.152. The maximum Gasteiger partial charge on any atom is 0.262 e.